The molecule has 0 saturated carbocycles. The van der Waals surface area contributed by atoms with Crippen molar-refractivity contribution in [3.63, 3.8) is 0 Å². The van der Waals surface area contributed by atoms with Gasteiger partial charge < -0.3 is 10.2 Å². The average molecular weight is 315 g/mol. The first-order chi connectivity index (χ1) is 11.2. The van der Waals surface area contributed by atoms with Crippen LogP contribution in [0.25, 0.3) is 5.52 Å². The highest BCUT2D eigenvalue weighted by Gasteiger charge is 2.26. The van der Waals surface area contributed by atoms with Crippen LogP contribution in [0.5, 0.6) is 0 Å². The third-order valence-electron chi connectivity index (χ3n) is 4.16. The van der Waals surface area contributed by atoms with Crippen LogP contribution < -0.4 is 20.4 Å². The molecule has 0 atom stereocenters. The Bertz CT molecular complexity index is 766. The van der Waals surface area contributed by atoms with Crippen LogP contribution in [0.15, 0.2) is 18.6 Å². The van der Waals surface area contributed by atoms with Crippen LogP contribution in [0.3, 0.4) is 0 Å². The second-order valence-corrected chi connectivity index (χ2v) is 5.60. The lowest BCUT2D eigenvalue weighted by molar-refractivity contribution is -0.120. The number of carbonyl (C=O) groups is 2. The normalized spacial score (nSPS) is 19.3. The van der Waals surface area contributed by atoms with Gasteiger partial charge in [-0.25, -0.2) is 14.3 Å². The first kappa shape index (κ1) is 13.9. The molecule has 2 aliphatic heterocycles. The number of urea groups is 1. The molecule has 2 fully saturated rings. The molecule has 0 radical (unpaired) electrons. The standard InChI is InChI=1S/C14H17N7O2/c22-13-1-4-20(14(23)18-13)10-8-17-21-9-12(16-7-11(10)21)19-5-2-15-3-6-19/h7-9,15H,1-6H2,(H,18,22,23). The van der Waals surface area contributed by atoms with Crippen LogP contribution in [0, 0.1) is 0 Å². The summed E-state index contributed by atoms with van der Waals surface area (Å²) in [6.45, 7) is 4.04. The fourth-order valence-corrected chi connectivity index (χ4v) is 2.92. The molecule has 0 bridgehead atoms. The van der Waals surface area contributed by atoms with Crippen molar-refractivity contribution in [2.75, 3.05) is 42.5 Å². The molecule has 2 aromatic heterocycles. The van der Waals surface area contributed by atoms with E-state index in [1.165, 1.54) is 4.90 Å². The SMILES string of the molecule is O=C1CCN(c2cnn3cc(N4CCNCC4)ncc23)C(=O)N1. The Morgan fingerprint density at radius 1 is 1.09 bits per heavy atom. The van der Waals surface area contributed by atoms with Gasteiger partial charge >= 0.3 is 6.03 Å². The van der Waals surface area contributed by atoms with Crippen LogP contribution in [-0.4, -0.2) is 59.3 Å². The van der Waals surface area contributed by atoms with Gasteiger partial charge in [0.25, 0.3) is 0 Å². The maximum atomic E-state index is 12.0. The van der Waals surface area contributed by atoms with Gasteiger partial charge in [0.05, 0.1) is 24.3 Å². The molecule has 9 nitrogen and oxygen atoms in total. The number of fused-ring (bicyclic) bond motifs is 1. The predicted octanol–water partition coefficient (Wildman–Crippen LogP) is -0.415. The Hall–Kier alpha value is -2.68. The molecule has 0 aromatic carbocycles. The van der Waals surface area contributed by atoms with E-state index in [0.29, 0.717) is 12.2 Å². The van der Waals surface area contributed by atoms with Crippen molar-refractivity contribution in [1.29, 1.82) is 0 Å². The minimum atomic E-state index is -0.415. The molecule has 4 heterocycles. The predicted molar refractivity (Wildman–Crippen MR) is 83.6 cm³/mol. The molecule has 120 valence electrons. The number of rotatable bonds is 2. The average Bonchev–Trinajstić information content (AvgIpc) is 2.99. The van der Waals surface area contributed by atoms with Gasteiger partial charge in [-0.1, -0.05) is 0 Å². The molecule has 0 unspecified atom stereocenters. The van der Waals surface area contributed by atoms with Gasteiger partial charge in [-0.05, 0) is 0 Å². The molecule has 4 rings (SSSR count). The number of hydrogen-bond donors (Lipinski definition) is 2. The van der Waals surface area contributed by atoms with Crippen molar-refractivity contribution in [3.8, 4) is 0 Å². The molecule has 9 heteroatoms. The van der Waals surface area contributed by atoms with Gasteiger partial charge in [-0.3, -0.25) is 15.0 Å². The first-order valence-corrected chi connectivity index (χ1v) is 7.63. The van der Waals surface area contributed by atoms with Crippen molar-refractivity contribution in [3.05, 3.63) is 18.6 Å². The molecule has 2 saturated heterocycles. The topological polar surface area (TPSA) is 94.9 Å². The van der Waals surface area contributed by atoms with E-state index in [0.717, 1.165) is 37.5 Å². The second-order valence-electron chi connectivity index (χ2n) is 5.60. The third kappa shape index (κ3) is 2.48. The van der Waals surface area contributed by atoms with Gasteiger partial charge in [0, 0.05) is 39.1 Å². The van der Waals surface area contributed by atoms with Crippen LogP contribution in [0.2, 0.25) is 0 Å². The molecule has 0 spiro atoms. The summed E-state index contributed by atoms with van der Waals surface area (Å²) in [5, 5.41) is 9.96. The smallest absolute Gasteiger partial charge is 0.328 e. The fourth-order valence-electron chi connectivity index (χ4n) is 2.92. The molecule has 2 aliphatic rings. The Morgan fingerprint density at radius 3 is 2.70 bits per heavy atom. The highest BCUT2D eigenvalue weighted by molar-refractivity contribution is 6.07. The number of anilines is 2. The zero-order chi connectivity index (χ0) is 15.8. The Labute approximate surface area is 132 Å². The summed E-state index contributed by atoms with van der Waals surface area (Å²) in [5.74, 6) is 0.619. The quantitative estimate of drug-likeness (QED) is 0.782. The zero-order valence-electron chi connectivity index (χ0n) is 12.5. The Balaban J connectivity index is 1.65. The summed E-state index contributed by atoms with van der Waals surface area (Å²) in [5.41, 5.74) is 1.41. The van der Waals surface area contributed by atoms with E-state index in [4.69, 9.17) is 0 Å². The summed E-state index contributed by atoms with van der Waals surface area (Å²) in [4.78, 5) is 31.5. The van der Waals surface area contributed by atoms with E-state index in [2.05, 4.69) is 25.6 Å². The lowest BCUT2D eigenvalue weighted by Crippen LogP contribution is -2.49. The Morgan fingerprint density at radius 2 is 1.91 bits per heavy atom. The van der Waals surface area contributed by atoms with Crippen LogP contribution in [0.1, 0.15) is 6.42 Å². The summed E-state index contributed by atoms with van der Waals surface area (Å²) in [7, 11) is 0. The van der Waals surface area contributed by atoms with Gasteiger partial charge in [0.1, 0.15) is 11.3 Å². The van der Waals surface area contributed by atoms with E-state index in [9.17, 15) is 9.59 Å². The van der Waals surface area contributed by atoms with Crippen molar-refractivity contribution < 1.29 is 9.59 Å². The molecule has 2 aromatic rings. The van der Waals surface area contributed by atoms with Gasteiger partial charge in [0.15, 0.2) is 0 Å². The highest BCUT2D eigenvalue weighted by Crippen LogP contribution is 2.24. The summed E-state index contributed by atoms with van der Waals surface area (Å²) >= 11 is 0. The number of aromatic nitrogens is 3. The van der Waals surface area contributed by atoms with Crippen LogP contribution in [0.4, 0.5) is 16.3 Å². The minimum Gasteiger partial charge on any atom is -0.353 e. The van der Waals surface area contributed by atoms with Gasteiger partial charge in [0.2, 0.25) is 5.91 Å². The molecule has 3 amide bonds. The molecular weight excluding hydrogens is 298 g/mol. The number of imide groups is 1. The summed E-state index contributed by atoms with van der Waals surface area (Å²) in [6.07, 6.45) is 5.52. The third-order valence-corrected chi connectivity index (χ3v) is 4.16. The van der Waals surface area contributed by atoms with Crippen molar-refractivity contribution >= 4 is 29.0 Å². The lowest BCUT2D eigenvalue weighted by atomic mass is 10.3. The Kier molecular flexibility index (Phi) is 3.34. The number of piperazine rings is 1. The van der Waals surface area contributed by atoms with Gasteiger partial charge in [-0.2, -0.15) is 5.10 Å². The van der Waals surface area contributed by atoms with E-state index in [1.54, 1.807) is 16.9 Å². The number of hydrogen-bond acceptors (Lipinski definition) is 6. The van der Waals surface area contributed by atoms with Crippen LogP contribution in [-0.2, 0) is 4.79 Å². The molecule has 23 heavy (non-hydrogen) atoms. The number of amides is 3. The van der Waals surface area contributed by atoms with Gasteiger partial charge in [-0.15, -0.1) is 0 Å². The summed E-state index contributed by atoms with van der Waals surface area (Å²) < 4.78 is 1.73. The monoisotopic (exact) mass is 315 g/mol. The lowest BCUT2D eigenvalue weighted by Gasteiger charge is -2.28. The van der Waals surface area contributed by atoms with E-state index < -0.39 is 6.03 Å². The second kappa shape index (κ2) is 5.51. The molecule has 2 N–H and O–H groups in total. The van der Waals surface area contributed by atoms with Crippen molar-refractivity contribution in [2.45, 2.75) is 6.42 Å². The zero-order valence-corrected chi connectivity index (χ0v) is 12.5. The molecular formula is C14H17N7O2. The van der Waals surface area contributed by atoms with Crippen molar-refractivity contribution in [2.24, 2.45) is 0 Å². The number of carbonyl (C=O) groups excluding carboxylic acids is 2. The molecule has 0 aliphatic carbocycles. The maximum Gasteiger partial charge on any atom is 0.328 e. The van der Waals surface area contributed by atoms with E-state index in [1.807, 2.05) is 6.20 Å². The number of nitrogens with zero attached hydrogens (tertiary/aromatic N) is 5. The first-order valence-electron chi connectivity index (χ1n) is 7.63. The fraction of sp³-hybridized carbons (Fsp3) is 0.429. The van der Waals surface area contributed by atoms with Crippen molar-refractivity contribution in [1.82, 2.24) is 25.2 Å². The van der Waals surface area contributed by atoms with E-state index in [-0.39, 0.29) is 12.3 Å². The highest BCUT2D eigenvalue weighted by atomic mass is 16.2. The van der Waals surface area contributed by atoms with Crippen LogP contribution >= 0.6 is 0 Å². The minimum absolute atomic E-state index is 0.248. The largest absolute Gasteiger partial charge is 0.353 e. The number of nitrogens with one attached hydrogen (secondary N) is 2. The summed E-state index contributed by atoms with van der Waals surface area (Å²) in [6, 6.07) is -0.415. The maximum absolute atomic E-state index is 12.0. The van der Waals surface area contributed by atoms with E-state index >= 15 is 0 Å².